The number of carbonyl (C=O) groups is 2. The van der Waals surface area contributed by atoms with Crippen molar-refractivity contribution in [1.29, 1.82) is 0 Å². The predicted octanol–water partition coefficient (Wildman–Crippen LogP) is 2.11. The van der Waals surface area contributed by atoms with Gasteiger partial charge in [-0.15, -0.1) is 5.10 Å². The molecule has 1 aromatic heterocycles. The fourth-order valence-corrected chi connectivity index (χ4v) is 2.15. The minimum atomic E-state index is -0.891. The Hall–Kier alpha value is -2.70. The Balaban J connectivity index is 2.06. The summed E-state index contributed by atoms with van der Waals surface area (Å²) in [7, 11) is 0. The summed E-state index contributed by atoms with van der Waals surface area (Å²) in [6.45, 7) is 7.28. The van der Waals surface area contributed by atoms with Crippen LogP contribution < -0.4 is 5.32 Å². The zero-order valence-electron chi connectivity index (χ0n) is 14.3. The molecule has 128 valence electrons. The van der Waals surface area contributed by atoms with Crippen molar-refractivity contribution in [2.75, 3.05) is 6.54 Å². The molecule has 0 aliphatic rings. The summed E-state index contributed by atoms with van der Waals surface area (Å²) in [5, 5.41) is 19.8. The Morgan fingerprint density at radius 2 is 1.83 bits per heavy atom. The van der Waals surface area contributed by atoms with E-state index in [0.717, 1.165) is 11.3 Å². The monoisotopic (exact) mass is 330 g/mol. The van der Waals surface area contributed by atoms with Gasteiger partial charge in [0.15, 0.2) is 5.69 Å². The third-order valence-electron chi connectivity index (χ3n) is 4.00. The van der Waals surface area contributed by atoms with Crippen molar-refractivity contribution in [1.82, 2.24) is 20.3 Å². The average Bonchev–Trinajstić information content (AvgIpc) is 2.89. The third-order valence-corrected chi connectivity index (χ3v) is 4.00. The number of nitrogens with zero attached hydrogens (tertiary/aromatic N) is 3. The number of rotatable bonds is 6. The number of nitrogens with one attached hydrogen (secondary N) is 1. The molecule has 2 rings (SSSR count). The first-order valence-corrected chi connectivity index (χ1v) is 7.73. The van der Waals surface area contributed by atoms with Gasteiger partial charge in [-0.3, -0.25) is 9.59 Å². The van der Waals surface area contributed by atoms with Gasteiger partial charge in [0.1, 0.15) is 0 Å². The Morgan fingerprint density at radius 3 is 2.42 bits per heavy atom. The Morgan fingerprint density at radius 1 is 1.21 bits per heavy atom. The highest BCUT2D eigenvalue weighted by Crippen LogP contribution is 2.19. The molecule has 0 spiro atoms. The molecule has 0 aliphatic heterocycles. The molecular formula is C17H22N4O3. The van der Waals surface area contributed by atoms with Crippen LogP contribution in [0.2, 0.25) is 0 Å². The molecule has 0 radical (unpaired) electrons. The predicted molar refractivity (Wildman–Crippen MR) is 89.2 cm³/mol. The number of aliphatic carboxylic acids is 1. The van der Waals surface area contributed by atoms with Crippen molar-refractivity contribution < 1.29 is 14.7 Å². The van der Waals surface area contributed by atoms with E-state index in [4.69, 9.17) is 5.11 Å². The second kappa shape index (κ2) is 6.82. The topological polar surface area (TPSA) is 97.1 Å². The summed E-state index contributed by atoms with van der Waals surface area (Å²) < 4.78 is 1.61. The summed E-state index contributed by atoms with van der Waals surface area (Å²) in [6, 6.07) is 7.75. The van der Waals surface area contributed by atoms with Crippen molar-refractivity contribution in [2.24, 2.45) is 5.41 Å². The van der Waals surface area contributed by atoms with Crippen LogP contribution >= 0.6 is 0 Å². The van der Waals surface area contributed by atoms with Gasteiger partial charge in [0.05, 0.1) is 16.8 Å². The second-order valence-electron chi connectivity index (χ2n) is 6.47. The van der Waals surface area contributed by atoms with E-state index in [-0.39, 0.29) is 18.1 Å². The molecule has 0 saturated heterocycles. The molecule has 1 amide bonds. The number of benzene rings is 1. The van der Waals surface area contributed by atoms with Crippen LogP contribution in [0.3, 0.4) is 0 Å². The lowest BCUT2D eigenvalue weighted by Crippen LogP contribution is -2.32. The first kappa shape index (κ1) is 17.7. The van der Waals surface area contributed by atoms with Crippen LogP contribution in [0.1, 0.15) is 42.0 Å². The zero-order chi connectivity index (χ0) is 17.9. The zero-order valence-corrected chi connectivity index (χ0v) is 14.3. The molecule has 7 nitrogen and oxygen atoms in total. The van der Waals surface area contributed by atoms with Gasteiger partial charge >= 0.3 is 5.97 Å². The fraction of sp³-hybridized carbons (Fsp3) is 0.412. The maximum atomic E-state index is 12.2. The minimum absolute atomic E-state index is 0.240. The Labute approximate surface area is 140 Å². The lowest BCUT2D eigenvalue weighted by atomic mass is 9.90. The molecular weight excluding hydrogens is 308 g/mol. The quantitative estimate of drug-likeness (QED) is 0.845. The highest BCUT2D eigenvalue weighted by Gasteiger charge is 2.27. The van der Waals surface area contributed by atoms with Crippen LogP contribution in [0, 0.1) is 19.3 Å². The maximum Gasteiger partial charge on any atom is 0.309 e. The SMILES string of the molecule is Cc1ccc(-n2nnc(C(=O)NCCC(C)(C)C(=O)O)c2C)cc1. The molecule has 0 saturated carbocycles. The van der Waals surface area contributed by atoms with Gasteiger partial charge in [-0.05, 0) is 46.2 Å². The average molecular weight is 330 g/mol. The second-order valence-corrected chi connectivity index (χ2v) is 6.47. The van der Waals surface area contributed by atoms with Gasteiger partial charge in [0, 0.05) is 6.54 Å². The van der Waals surface area contributed by atoms with E-state index in [1.54, 1.807) is 25.5 Å². The molecule has 7 heteroatoms. The Kier molecular flexibility index (Phi) is 5.02. The number of hydrogen-bond donors (Lipinski definition) is 2. The molecule has 1 heterocycles. The molecule has 0 aliphatic carbocycles. The standard InChI is InChI=1S/C17H22N4O3/c1-11-5-7-13(8-6-11)21-12(2)14(19-20-21)15(22)18-10-9-17(3,4)16(23)24/h5-8H,9-10H2,1-4H3,(H,18,22)(H,23,24). The number of aryl methyl sites for hydroxylation is 1. The number of carbonyl (C=O) groups excluding carboxylic acids is 1. The van der Waals surface area contributed by atoms with Crippen LogP contribution in [0.5, 0.6) is 0 Å². The molecule has 0 unspecified atom stereocenters. The molecule has 0 bridgehead atoms. The fourth-order valence-electron chi connectivity index (χ4n) is 2.15. The summed E-state index contributed by atoms with van der Waals surface area (Å²) in [5.74, 6) is -1.25. The lowest BCUT2D eigenvalue weighted by molar-refractivity contribution is -0.147. The van der Waals surface area contributed by atoms with E-state index >= 15 is 0 Å². The maximum absolute atomic E-state index is 12.2. The van der Waals surface area contributed by atoms with Crippen molar-refractivity contribution in [3.8, 4) is 5.69 Å². The van der Waals surface area contributed by atoms with E-state index in [0.29, 0.717) is 12.1 Å². The normalized spacial score (nSPS) is 11.3. The minimum Gasteiger partial charge on any atom is -0.481 e. The Bertz CT molecular complexity index is 748. The molecule has 2 aromatic rings. The number of carboxylic acids is 1. The van der Waals surface area contributed by atoms with Crippen molar-refractivity contribution in [3.05, 3.63) is 41.2 Å². The van der Waals surface area contributed by atoms with Gasteiger partial charge in [-0.1, -0.05) is 22.9 Å². The molecule has 0 atom stereocenters. The summed E-state index contributed by atoms with van der Waals surface area (Å²) in [4.78, 5) is 23.3. The smallest absolute Gasteiger partial charge is 0.309 e. The molecule has 24 heavy (non-hydrogen) atoms. The van der Waals surface area contributed by atoms with E-state index < -0.39 is 11.4 Å². The largest absolute Gasteiger partial charge is 0.481 e. The first-order valence-electron chi connectivity index (χ1n) is 7.73. The van der Waals surface area contributed by atoms with E-state index in [1.807, 2.05) is 31.2 Å². The lowest BCUT2D eigenvalue weighted by Gasteiger charge is -2.18. The van der Waals surface area contributed by atoms with Crippen molar-refractivity contribution in [2.45, 2.75) is 34.1 Å². The summed E-state index contributed by atoms with van der Waals surface area (Å²) in [6.07, 6.45) is 0.333. The van der Waals surface area contributed by atoms with Crippen LogP contribution in [-0.2, 0) is 4.79 Å². The van der Waals surface area contributed by atoms with E-state index in [9.17, 15) is 9.59 Å². The number of aromatic nitrogens is 3. The highest BCUT2D eigenvalue weighted by atomic mass is 16.4. The number of hydrogen-bond acceptors (Lipinski definition) is 4. The van der Waals surface area contributed by atoms with Gasteiger partial charge < -0.3 is 10.4 Å². The first-order chi connectivity index (χ1) is 11.2. The molecule has 0 fully saturated rings. The third kappa shape index (κ3) is 3.79. The van der Waals surface area contributed by atoms with E-state index in [2.05, 4.69) is 15.6 Å². The molecule has 2 N–H and O–H groups in total. The van der Waals surface area contributed by atoms with Crippen molar-refractivity contribution >= 4 is 11.9 Å². The molecule has 1 aromatic carbocycles. The van der Waals surface area contributed by atoms with Crippen molar-refractivity contribution in [3.63, 3.8) is 0 Å². The van der Waals surface area contributed by atoms with Gasteiger partial charge in [0.25, 0.3) is 5.91 Å². The van der Waals surface area contributed by atoms with Crippen LogP contribution in [0.25, 0.3) is 5.69 Å². The van der Waals surface area contributed by atoms with Crippen LogP contribution in [0.15, 0.2) is 24.3 Å². The van der Waals surface area contributed by atoms with Gasteiger partial charge in [-0.2, -0.15) is 0 Å². The summed E-state index contributed by atoms with van der Waals surface area (Å²) in [5.41, 5.74) is 1.95. The van der Waals surface area contributed by atoms with E-state index in [1.165, 1.54) is 0 Å². The number of amides is 1. The van der Waals surface area contributed by atoms with Gasteiger partial charge in [-0.25, -0.2) is 4.68 Å². The number of carboxylic acid groups (broad SMARTS) is 1. The van der Waals surface area contributed by atoms with Crippen LogP contribution in [0.4, 0.5) is 0 Å². The highest BCUT2D eigenvalue weighted by molar-refractivity contribution is 5.93. The van der Waals surface area contributed by atoms with Crippen LogP contribution in [-0.4, -0.2) is 38.5 Å². The van der Waals surface area contributed by atoms with Gasteiger partial charge in [0.2, 0.25) is 0 Å². The summed E-state index contributed by atoms with van der Waals surface area (Å²) >= 11 is 0.